The molecule has 0 aliphatic rings. The van der Waals surface area contributed by atoms with Gasteiger partial charge < -0.3 is 9.79 Å². The van der Waals surface area contributed by atoms with Crippen LogP contribution in [0.15, 0.2) is 0 Å². The molecular weight excluding hydrogens is 181 g/mol. The Morgan fingerprint density at radius 3 is 1.00 bits per heavy atom. The molecule has 0 aliphatic heterocycles. The van der Waals surface area contributed by atoms with E-state index in [4.69, 9.17) is 18.9 Å². The molecule has 0 unspecified atom stereocenters. The van der Waals surface area contributed by atoms with Gasteiger partial charge in [-0.2, -0.15) is 0 Å². The molecule has 0 aromatic carbocycles. The zero-order valence-electron chi connectivity index (χ0n) is 2.98. The Balaban J connectivity index is -0.0000000400. The van der Waals surface area contributed by atoms with Crippen LogP contribution in [0.4, 0.5) is 0 Å². The number of rotatable bonds is 0. The van der Waals surface area contributed by atoms with Crippen molar-refractivity contribution in [2.24, 2.45) is 0 Å². The van der Waals surface area contributed by atoms with E-state index in [0.29, 0.717) is 0 Å². The maximum Gasteiger partial charge on any atom is 2.00 e. The third-order valence-electron chi connectivity index (χ3n) is 0. The molecule has 0 fully saturated rings. The van der Waals surface area contributed by atoms with Gasteiger partial charge in [0, 0.05) is 0 Å². The summed E-state index contributed by atoms with van der Waals surface area (Å²) in [6.07, 6.45) is 0. The van der Waals surface area contributed by atoms with Gasteiger partial charge >= 0.3 is 34.4 Å². The molecule has 0 rings (SSSR count). The smallest absolute Gasteiger partial charge is 0.310 e. The Hall–Kier alpha value is 0.639. The van der Waals surface area contributed by atoms with Gasteiger partial charge in [0.25, 0.3) is 0 Å². The van der Waals surface area contributed by atoms with Crippen LogP contribution in [0.2, 0.25) is 0 Å². The van der Waals surface area contributed by atoms with Crippen molar-refractivity contribution >= 4 is 17.4 Å². The molecule has 0 saturated heterocycles. The van der Waals surface area contributed by atoms with Crippen LogP contribution >= 0.6 is 17.4 Å². The average Bonchev–Trinajstić information content (AvgIpc) is 1.39. The van der Waals surface area contributed by atoms with Gasteiger partial charge in [-0.1, -0.05) is 0 Å². The number of hydrogen-bond acceptors (Lipinski definition) is 2. The second-order valence-electron chi connectivity index (χ2n) is 0.163. The van der Waals surface area contributed by atoms with E-state index in [1.807, 2.05) is 0 Å². The van der Waals surface area contributed by atoms with Gasteiger partial charge in [0.1, 0.15) is 0 Å². The quantitative estimate of drug-likeness (QED) is 0.420. The van der Waals surface area contributed by atoms with Crippen molar-refractivity contribution in [3.63, 3.8) is 0 Å². The van der Waals surface area contributed by atoms with E-state index in [2.05, 4.69) is 0 Å². The largest absolute Gasteiger partial charge is 2.00 e. The summed E-state index contributed by atoms with van der Waals surface area (Å²) in [4.78, 5) is 14.0. The summed E-state index contributed by atoms with van der Waals surface area (Å²) in [5.41, 5.74) is 0. The van der Waals surface area contributed by atoms with E-state index in [9.17, 15) is 0 Å². The summed E-state index contributed by atoms with van der Waals surface area (Å²) in [6, 6.07) is 0. The maximum atomic E-state index is 8.46. The van der Waals surface area contributed by atoms with E-state index < -0.39 is 17.4 Å². The summed E-state index contributed by atoms with van der Waals surface area (Å²) in [7, 11) is -1.67. The van der Waals surface area contributed by atoms with Crippen LogP contribution in [0.1, 0.15) is 0 Å². The van der Waals surface area contributed by atoms with Gasteiger partial charge in [-0.25, -0.2) is 9.13 Å². The molecular formula is H2MnO4P2+2. The summed E-state index contributed by atoms with van der Waals surface area (Å²) in [5.74, 6) is 0. The first kappa shape index (κ1) is 15.6. The second-order valence-corrected chi connectivity index (χ2v) is 0.490. The van der Waals surface area contributed by atoms with Gasteiger partial charge in [0.2, 0.25) is 0 Å². The predicted molar refractivity (Wildman–Crippen MR) is 19.7 cm³/mol. The minimum Gasteiger partial charge on any atom is -0.310 e. The monoisotopic (exact) mass is 183 g/mol. The zero-order valence-corrected chi connectivity index (χ0v) is 5.95. The molecule has 2 N–H and O–H groups in total. The molecule has 1 radical (unpaired) electrons. The Bertz CT molecular complexity index is 30.7. The standard InChI is InChI=1S/Mn.2HO2P/c;2*1-3-2/h;2*(H,1,2)/q+2;;. The van der Waals surface area contributed by atoms with Gasteiger partial charge in [-0.3, -0.25) is 0 Å². The third kappa shape index (κ3) is 349. The van der Waals surface area contributed by atoms with E-state index in [-0.39, 0.29) is 17.1 Å². The minimum absolute atomic E-state index is 0. The molecule has 7 heteroatoms. The van der Waals surface area contributed by atoms with Gasteiger partial charge in [-0.05, 0) is 0 Å². The number of hydrogen-bond donors (Lipinski definition) is 2. The molecule has 0 aromatic rings. The Morgan fingerprint density at radius 1 is 1.00 bits per heavy atom. The van der Waals surface area contributed by atoms with Crippen molar-refractivity contribution in [2.75, 3.05) is 0 Å². The fourth-order valence-electron chi connectivity index (χ4n) is 0. The average molecular weight is 183 g/mol. The summed E-state index contributed by atoms with van der Waals surface area (Å²) < 4.78 is 16.9. The van der Waals surface area contributed by atoms with Crippen molar-refractivity contribution < 1.29 is 36.0 Å². The predicted octanol–water partition coefficient (Wildman–Crippen LogP) is 0.368. The third-order valence-corrected chi connectivity index (χ3v) is 0. The Kier molecular flexibility index (Phi) is 67.7. The Morgan fingerprint density at radius 2 is 1.00 bits per heavy atom. The maximum absolute atomic E-state index is 8.46. The van der Waals surface area contributed by atoms with Crippen molar-refractivity contribution in [3.05, 3.63) is 0 Å². The van der Waals surface area contributed by atoms with Crippen molar-refractivity contribution in [1.82, 2.24) is 0 Å². The van der Waals surface area contributed by atoms with Crippen LogP contribution in [0.25, 0.3) is 0 Å². The van der Waals surface area contributed by atoms with Crippen molar-refractivity contribution in [2.45, 2.75) is 0 Å². The molecule has 41 valence electrons. The van der Waals surface area contributed by atoms with Crippen LogP contribution in [0.3, 0.4) is 0 Å². The molecule has 0 atom stereocenters. The first-order chi connectivity index (χ1) is 2.83. The van der Waals surface area contributed by atoms with Gasteiger partial charge in [0.05, 0.1) is 0 Å². The van der Waals surface area contributed by atoms with E-state index in [1.165, 1.54) is 0 Å². The molecule has 0 bridgehead atoms. The molecule has 0 amide bonds. The molecule has 0 aromatic heterocycles. The van der Waals surface area contributed by atoms with Gasteiger partial charge in [0.15, 0.2) is 0 Å². The summed E-state index contributed by atoms with van der Waals surface area (Å²) >= 11 is 0. The molecule has 0 saturated carbocycles. The normalized spacial score (nSPS) is 6.00. The molecule has 7 heavy (non-hydrogen) atoms. The van der Waals surface area contributed by atoms with Crippen LogP contribution in [0, 0.1) is 0 Å². The zero-order chi connectivity index (χ0) is 5.41. The van der Waals surface area contributed by atoms with E-state index in [1.54, 1.807) is 0 Å². The molecule has 0 aliphatic carbocycles. The SMILES string of the molecule is O=PO.O=PO.[Mn+2]. The van der Waals surface area contributed by atoms with E-state index in [0.717, 1.165) is 0 Å². The first-order valence-corrected chi connectivity index (χ1v) is 2.30. The van der Waals surface area contributed by atoms with Crippen LogP contribution in [-0.4, -0.2) is 9.79 Å². The summed E-state index contributed by atoms with van der Waals surface area (Å²) in [6.45, 7) is 0. The fourth-order valence-corrected chi connectivity index (χ4v) is 0. The van der Waals surface area contributed by atoms with Crippen molar-refractivity contribution in [3.8, 4) is 0 Å². The van der Waals surface area contributed by atoms with Crippen molar-refractivity contribution in [1.29, 1.82) is 0 Å². The van der Waals surface area contributed by atoms with Crippen LogP contribution in [0.5, 0.6) is 0 Å². The topological polar surface area (TPSA) is 74.6 Å². The Labute approximate surface area is 54.0 Å². The molecule has 4 nitrogen and oxygen atoms in total. The first-order valence-electron chi connectivity index (χ1n) is 0.765. The molecule has 0 spiro atoms. The minimum atomic E-state index is -0.833. The molecule has 0 heterocycles. The summed E-state index contributed by atoms with van der Waals surface area (Å²) in [5, 5.41) is 0. The van der Waals surface area contributed by atoms with E-state index >= 15 is 0 Å². The van der Waals surface area contributed by atoms with Crippen LogP contribution < -0.4 is 0 Å². The van der Waals surface area contributed by atoms with Gasteiger partial charge in [-0.15, -0.1) is 0 Å². The van der Waals surface area contributed by atoms with Crippen LogP contribution in [-0.2, 0) is 26.2 Å². The fraction of sp³-hybridized carbons (Fsp3) is 0. The second kappa shape index (κ2) is 30.3.